The van der Waals surface area contributed by atoms with E-state index in [1.807, 2.05) is 36.7 Å². The van der Waals surface area contributed by atoms with Crippen molar-refractivity contribution in [2.75, 3.05) is 7.05 Å². The molecule has 0 atom stereocenters. The lowest BCUT2D eigenvalue weighted by Crippen LogP contribution is -2.27. The average Bonchev–Trinajstić information content (AvgIpc) is 3.28. The highest BCUT2D eigenvalue weighted by molar-refractivity contribution is 5.95. The average molecular weight is 432 g/mol. The van der Waals surface area contributed by atoms with Gasteiger partial charge in [0.25, 0.3) is 5.91 Å². The number of hydrogen-bond acceptors (Lipinski definition) is 3. The zero-order chi connectivity index (χ0) is 23.0. The predicted molar refractivity (Wildman–Crippen MR) is 122 cm³/mol. The Balaban J connectivity index is 1.61. The van der Waals surface area contributed by atoms with E-state index in [-0.39, 0.29) is 11.7 Å². The summed E-state index contributed by atoms with van der Waals surface area (Å²) in [5.41, 5.74) is 6.38. The van der Waals surface area contributed by atoms with Gasteiger partial charge in [0.15, 0.2) is 0 Å². The van der Waals surface area contributed by atoms with E-state index < -0.39 is 0 Å². The van der Waals surface area contributed by atoms with Crippen molar-refractivity contribution < 1.29 is 9.18 Å². The maximum atomic E-state index is 14.2. The van der Waals surface area contributed by atoms with Gasteiger partial charge in [0.05, 0.1) is 28.8 Å². The minimum absolute atomic E-state index is 0.174. The van der Waals surface area contributed by atoms with Crippen LogP contribution < -0.4 is 0 Å². The van der Waals surface area contributed by atoms with Crippen LogP contribution >= 0.6 is 0 Å². The van der Waals surface area contributed by atoms with Crippen LogP contribution in [0.2, 0.25) is 0 Å². The number of nitrogens with zero attached hydrogens (tertiary/aromatic N) is 5. The molecule has 0 fully saturated rings. The van der Waals surface area contributed by atoms with Gasteiger partial charge in [-0.2, -0.15) is 10.2 Å². The molecule has 0 N–H and O–H groups in total. The van der Waals surface area contributed by atoms with E-state index >= 15 is 0 Å². The molecule has 1 amide bonds. The normalized spacial score (nSPS) is 11.1. The number of amides is 1. The number of rotatable bonds is 5. The first kappa shape index (κ1) is 21.5. The molecule has 4 rings (SSSR count). The first-order valence-corrected chi connectivity index (χ1v) is 10.5. The van der Waals surface area contributed by atoms with Crippen LogP contribution in [-0.2, 0) is 6.54 Å². The fraction of sp³-hybridized carbons (Fsp3) is 0.240. The maximum absolute atomic E-state index is 14.2. The second-order valence-corrected chi connectivity index (χ2v) is 8.02. The highest BCUT2D eigenvalue weighted by Crippen LogP contribution is 2.23. The number of aromatic nitrogens is 4. The molecule has 32 heavy (non-hydrogen) atoms. The van der Waals surface area contributed by atoms with Crippen molar-refractivity contribution in [1.82, 2.24) is 24.5 Å². The molecule has 6 nitrogen and oxygen atoms in total. The predicted octanol–water partition coefficient (Wildman–Crippen LogP) is 4.70. The molecule has 0 aliphatic rings. The van der Waals surface area contributed by atoms with Gasteiger partial charge in [-0.15, -0.1) is 0 Å². The summed E-state index contributed by atoms with van der Waals surface area (Å²) < 4.78 is 17.6. The van der Waals surface area contributed by atoms with Crippen molar-refractivity contribution in [3.63, 3.8) is 0 Å². The lowest BCUT2D eigenvalue weighted by Gasteiger charge is -2.18. The van der Waals surface area contributed by atoms with Gasteiger partial charge >= 0.3 is 0 Å². The first-order chi connectivity index (χ1) is 15.3. The number of carbonyl (C=O) groups excluding carboxylic acids is 1. The molecule has 0 radical (unpaired) electrons. The Kier molecular flexibility index (Phi) is 5.65. The summed E-state index contributed by atoms with van der Waals surface area (Å²) >= 11 is 0. The summed E-state index contributed by atoms with van der Waals surface area (Å²) in [6.45, 7) is 8.20. The number of hydrogen-bond donors (Lipinski definition) is 0. The standard InChI is InChI=1S/C25H26FN5O/c1-16-10-6-8-12-23(16)31-19(4)21(17(2)28-31)15-29(5)25(32)20-14-27-30(18(20)3)24-13-9-7-11-22(24)26/h6-14H,15H2,1-5H3. The number of carbonyl (C=O) groups is 1. The smallest absolute Gasteiger partial charge is 0.257 e. The summed E-state index contributed by atoms with van der Waals surface area (Å²) in [7, 11) is 1.76. The van der Waals surface area contributed by atoms with E-state index in [9.17, 15) is 9.18 Å². The maximum Gasteiger partial charge on any atom is 0.257 e. The number of halogens is 1. The monoisotopic (exact) mass is 431 g/mol. The Hall–Kier alpha value is -3.74. The third-order valence-corrected chi connectivity index (χ3v) is 5.85. The number of benzene rings is 2. The van der Waals surface area contributed by atoms with Crippen LogP contribution in [0.25, 0.3) is 11.4 Å². The van der Waals surface area contributed by atoms with Crippen LogP contribution in [0.5, 0.6) is 0 Å². The SMILES string of the molecule is Cc1ccccc1-n1nc(C)c(CN(C)C(=O)c2cnn(-c3ccccc3F)c2C)c1C. The van der Waals surface area contributed by atoms with Gasteiger partial charge in [-0.1, -0.05) is 30.3 Å². The Morgan fingerprint density at radius 1 is 0.938 bits per heavy atom. The highest BCUT2D eigenvalue weighted by atomic mass is 19.1. The number of aryl methyl sites for hydroxylation is 2. The van der Waals surface area contributed by atoms with E-state index in [1.54, 1.807) is 37.1 Å². The quantitative estimate of drug-likeness (QED) is 0.460. The molecule has 2 aromatic carbocycles. The van der Waals surface area contributed by atoms with Crippen molar-refractivity contribution in [2.24, 2.45) is 0 Å². The molecule has 2 aromatic heterocycles. The van der Waals surface area contributed by atoms with Gasteiger partial charge in [0.1, 0.15) is 11.5 Å². The third kappa shape index (κ3) is 3.70. The molecule has 7 heteroatoms. The topological polar surface area (TPSA) is 56.0 Å². The van der Waals surface area contributed by atoms with Gasteiger partial charge in [0, 0.05) is 24.8 Å². The molecule has 0 saturated carbocycles. The Bertz CT molecular complexity index is 1300. The summed E-state index contributed by atoms with van der Waals surface area (Å²) in [5, 5.41) is 8.98. The van der Waals surface area contributed by atoms with Crippen molar-refractivity contribution in [2.45, 2.75) is 34.2 Å². The molecule has 4 aromatic rings. The van der Waals surface area contributed by atoms with Gasteiger partial charge < -0.3 is 4.90 Å². The molecular formula is C25H26FN5O. The lowest BCUT2D eigenvalue weighted by molar-refractivity contribution is 0.0784. The van der Waals surface area contributed by atoms with E-state index in [0.29, 0.717) is 23.5 Å². The zero-order valence-electron chi connectivity index (χ0n) is 18.9. The van der Waals surface area contributed by atoms with Gasteiger partial charge in [0.2, 0.25) is 0 Å². The van der Waals surface area contributed by atoms with E-state index in [4.69, 9.17) is 5.10 Å². The van der Waals surface area contributed by atoms with Crippen LogP contribution in [0.1, 0.15) is 38.6 Å². The van der Waals surface area contributed by atoms with Crippen LogP contribution in [0.4, 0.5) is 4.39 Å². The van der Waals surface area contributed by atoms with E-state index in [1.165, 1.54) is 16.9 Å². The molecule has 0 aliphatic carbocycles. The van der Waals surface area contributed by atoms with Crippen LogP contribution in [0.3, 0.4) is 0 Å². The summed E-state index contributed by atoms with van der Waals surface area (Å²) in [4.78, 5) is 14.9. The number of para-hydroxylation sites is 2. The van der Waals surface area contributed by atoms with Crippen LogP contribution in [-0.4, -0.2) is 37.4 Å². The molecule has 0 saturated heterocycles. The molecule has 0 bridgehead atoms. The lowest BCUT2D eigenvalue weighted by atomic mass is 10.1. The van der Waals surface area contributed by atoms with Gasteiger partial charge in [-0.25, -0.2) is 13.8 Å². The van der Waals surface area contributed by atoms with Crippen molar-refractivity contribution >= 4 is 5.91 Å². The second-order valence-electron chi connectivity index (χ2n) is 8.02. The molecule has 0 spiro atoms. The van der Waals surface area contributed by atoms with E-state index in [2.05, 4.69) is 18.1 Å². The minimum atomic E-state index is -0.388. The van der Waals surface area contributed by atoms with Gasteiger partial charge in [-0.05, 0) is 51.5 Å². The van der Waals surface area contributed by atoms with Crippen molar-refractivity contribution in [1.29, 1.82) is 0 Å². The van der Waals surface area contributed by atoms with Crippen LogP contribution in [0.15, 0.2) is 54.7 Å². The van der Waals surface area contributed by atoms with Crippen molar-refractivity contribution in [3.05, 3.63) is 94.3 Å². The summed E-state index contributed by atoms with van der Waals surface area (Å²) in [5.74, 6) is -0.562. The molecule has 2 heterocycles. The molecule has 0 aliphatic heterocycles. The molecule has 164 valence electrons. The van der Waals surface area contributed by atoms with Crippen molar-refractivity contribution in [3.8, 4) is 11.4 Å². The fourth-order valence-corrected chi connectivity index (χ4v) is 3.94. The van der Waals surface area contributed by atoms with Gasteiger partial charge in [-0.3, -0.25) is 4.79 Å². The second kappa shape index (κ2) is 8.42. The summed E-state index contributed by atoms with van der Waals surface area (Å²) in [6, 6.07) is 14.5. The zero-order valence-corrected chi connectivity index (χ0v) is 18.9. The van der Waals surface area contributed by atoms with Crippen LogP contribution in [0, 0.1) is 33.5 Å². The highest BCUT2D eigenvalue weighted by Gasteiger charge is 2.22. The largest absolute Gasteiger partial charge is 0.337 e. The Morgan fingerprint density at radius 3 is 2.28 bits per heavy atom. The van der Waals surface area contributed by atoms with E-state index in [0.717, 1.165) is 28.2 Å². The Labute approximate surface area is 186 Å². The molecule has 0 unspecified atom stereocenters. The molecular weight excluding hydrogens is 405 g/mol. The first-order valence-electron chi connectivity index (χ1n) is 10.5. The minimum Gasteiger partial charge on any atom is -0.337 e. The fourth-order valence-electron chi connectivity index (χ4n) is 3.94. The summed E-state index contributed by atoms with van der Waals surface area (Å²) in [6.07, 6.45) is 1.50. The third-order valence-electron chi connectivity index (χ3n) is 5.85. The Morgan fingerprint density at radius 2 is 1.59 bits per heavy atom.